The molecule has 98 valence electrons. The van der Waals surface area contributed by atoms with Crippen LogP contribution in [0.15, 0.2) is 0 Å². The first-order valence-corrected chi connectivity index (χ1v) is 6.57. The van der Waals surface area contributed by atoms with E-state index in [9.17, 15) is 9.59 Å². The normalized spacial score (nSPS) is 18.9. The van der Waals surface area contributed by atoms with Crippen molar-refractivity contribution in [2.24, 2.45) is 0 Å². The van der Waals surface area contributed by atoms with Crippen molar-refractivity contribution in [1.82, 2.24) is 10.3 Å². The number of thiazole rings is 1. The third kappa shape index (κ3) is 2.17. The second-order valence-corrected chi connectivity index (χ2v) is 5.01. The molecule has 1 aliphatic heterocycles. The number of hydrogen-bond donors (Lipinski definition) is 1. The predicted octanol–water partition coefficient (Wildman–Crippen LogP) is 1.55. The van der Waals surface area contributed by atoms with Crippen LogP contribution < -0.4 is 10.2 Å². The van der Waals surface area contributed by atoms with Gasteiger partial charge in [0, 0.05) is 6.54 Å². The minimum atomic E-state index is -0.383. The first-order chi connectivity index (χ1) is 8.54. The van der Waals surface area contributed by atoms with Gasteiger partial charge in [-0.25, -0.2) is 14.6 Å². The lowest BCUT2D eigenvalue weighted by Crippen LogP contribution is -2.32. The number of amides is 2. The third-order valence-corrected chi connectivity index (χ3v) is 3.80. The molecule has 0 saturated carbocycles. The lowest BCUT2D eigenvalue weighted by Gasteiger charge is -2.15. The molecule has 0 spiro atoms. The number of esters is 1. The number of nitrogens with zero attached hydrogens (tertiary/aromatic N) is 2. The zero-order chi connectivity index (χ0) is 13.3. The van der Waals surface area contributed by atoms with Crippen LogP contribution in [0.5, 0.6) is 0 Å². The highest BCUT2D eigenvalue weighted by molar-refractivity contribution is 7.17. The van der Waals surface area contributed by atoms with Crippen molar-refractivity contribution in [1.29, 1.82) is 0 Å². The van der Waals surface area contributed by atoms with Crippen LogP contribution in [0, 0.1) is 6.92 Å². The SMILES string of the molecule is CCOC(=O)c1sc(N2C(=O)NC[C@H]2C)nc1C. The minimum Gasteiger partial charge on any atom is -0.462 e. The summed E-state index contributed by atoms with van der Waals surface area (Å²) in [6, 6.07) is -0.134. The molecular formula is C11H15N3O3S. The van der Waals surface area contributed by atoms with Crippen molar-refractivity contribution in [3.63, 3.8) is 0 Å². The lowest BCUT2D eigenvalue weighted by atomic mass is 10.3. The first-order valence-electron chi connectivity index (χ1n) is 5.76. The molecule has 1 fully saturated rings. The molecular weight excluding hydrogens is 254 g/mol. The predicted molar refractivity (Wildman–Crippen MR) is 68.1 cm³/mol. The van der Waals surface area contributed by atoms with Crippen LogP contribution in [0.2, 0.25) is 0 Å². The van der Waals surface area contributed by atoms with Crippen molar-refractivity contribution in [2.75, 3.05) is 18.1 Å². The van der Waals surface area contributed by atoms with Gasteiger partial charge in [-0.2, -0.15) is 0 Å². The average Bonchev–Trinajstić information content (AvgIpc) is 2.83. The van der Waals surface area contributed by atoms with Gasteiger partial charge >= 0.3 is 12.0 Å². The summed E-state index contributed by atoms with van der Waals surface area (Å²) in [5.74, 6) is -0.383. The van der Waals surface area contributed by atoms with Crippen LogP contribution in [0.25, 0.3) is 0 Å². The third-order valence-electron chi connectivity index (χ3n) is 2.66. The Balaban J connectivity index is 2.28. The molecule has 18 heavy (non-hydrogen) atoms. The number of aromatic nitrogens is 1. The monoisotopic (exact) mass is 269 g/mol. The molecule has 1 aromatic heterocycles. The van der Waals surface area contributed by atoms with E-state index in [1.165, 1.54) is 11.3 Å². The van der Waals surface area contributed by atoms with Crippen molar-refractivity contribution >= 4 is 28.5 Å². The number of hydrogen-bond acceptors (Lipinski definition) is 5. The summed E-state index contributed by atoms with van der Waals surface area (Å²) >= 11 is 1.19. The second kappa shape index (κ2) is 4.93. The summed E-state index contributed by atoms with van der Waals surface area (Å²) in [6.45, 7) is 6.34. The lowest BCUT2D eigenvalue weighted by molar-refractivity contribution is 0.0531. The number of aryl methyl sites for hydroxylation is 1. The van der Waals surface area contributed by atoms with E-state index in [1.807, 2.05) is 6.92 Å². The maximum absolute atomic E-state index is 11.7. The van der Waals surface area contributed by atoms with Gasteiger partial charge in [-0.3, -0.25) is 4.90 Å². The maximum atomic E-state index is 11.7. The van der Waals surface area contributed by atoms with Crippen LogP contribution >= 0.6 is 11.3 Å². The van der Waals surface area contributed by atoms with E-state index < -0.39 is 0 Å². The minimum absolute atomic E-state index is 0.0399. The van der Waals surface area contributed by atoms with Crippen molar-refractivity contribution in [3.05, 3.63) is 10.6 Å². The summed E-state index contributed by atoms with van der Waals surface area (Å²) in [6.07, 6.45) is 0. The van der Waals surface area contributed by atoms with Gasteiger partial charge in [0.25, 0.3) is 0 Å². The fourth-order valence-electron chi connectivity index (χ4n) is 1.76. The van der Waals surface area contributed by atoms with Gasteiger partial charge < -0.3 is 10.1 Å². The molecule has 7 heteroatoms. The summed E-state index contributed by atoms with van der Waals surface area (Å²) in [5.41, 5.74) is 0.598. The highest BCUT2D eigenvalue weighted by Crippen LogP contribution is 2.29. The van der Waals surface area contributed by atoms with Crippen LogP contribution in [0.3, 0.4) is 0 Å². The number of carbonyl (C=O) groups is 2. The van der Waals surface area contributed by atoms with Crippen LogP contribution in [0.1, 0.15) is 29.2 Å². The van der Waals surface area contributed by atoms with Gasteiger partial charge in [0.2, 0.25) is 0 Å². The summed E-state index contributed by atoms with van der Waals surface area (Å²) in [5, 5.41) is 3.28. The quantitative estimate of drug-likeness (QED) is 0.845. The molecule has 1 saturated heterocycles. The Morgan fingerprint density at radius 3 is 2.94 bits per heavy atom. The fraction of sp³-hybridized carbons (Fsp3) is 0.545. The molecule has 0 bridgehead atoms. The van der Waals surface area contributed by atoms with Crippen molar-refractivity contribution in [2.45, 2.75) is 26.8 Å². The van der Waals surface area contributed by atoms with E-state index in [4.69, 9.17) is 4.74 Å². The van der Waals surface area contributed by atoms with E-state index in [1.54, 1.807) is 18.7 Å². The summed E-state index contributed by atoms with van der Waals surface area (Å²) in [7, 11) is 0. The molecule has 2 amide bonds. The average molecular weight is 269 g/mol. The number of urea groups is 1. The van der Waals surface area contributed by atoms with Crippen LogP contribution in [-0.2, 0) is 4.74 Å². The first kappa shape index (κ1) is 12.8. The van der Waals surface area contributed by atoms with E-state index in [0.717, 1.165) is 0 Å². The summed E-state index contributed by atoms with van der Waals surface area (Å²) < 4.78 is 4.95. The van der Waals surface area contributed by atoms with Gasteiger partial charge in [0.15, 0.2) is 5.13 Å². The number of carbonyl (C=O) groups excluding carboxylic acids is 2. The summed E-state index contributed by atoms with van der Waals surface area (Å²) in [4.78, 5) is 29.7. The van der Waals surface area contributed by atoms with E-state index >= 15 is 0 Å². The Labute approximate surface area is 109 Å². The Kier molecular flexibility index (Phi) is 3.51. The van der Waals surface area contributed by atoms with Gasteiger partial charge in [-0.05, 0) is 20.8 Å². The molecule has 6 nitrogen and oxygen atoms in total. The van der Waals surface area contributed by atoms with Crippen LogP contribution in [-0.4, -0.2) is 36.2 Å². The topological polar surface area (TPSA) is 71.5 Å². The molecule has 1 atom stereocenters. The molecule has 0 unspecified atom stereocenters. The van der Waals surface area contributed by atoms with Crippen molar-refractivity contribution < 1.29 is 14.3 Å². The molecule has 0 aliphatic carbocycles. The van der Waals surface area contributed by atoms with E-state index in [2.05, 4.69) is 10.3 Å². The van der Waals surface area contributed by atoms with Gasteiger partial charge in [-0.1, -0.05) is 11.3 Å². The molecule has 2 rings (SSSR count). The molecule has 1 aliphatic rings. The number of nitrogens with one attached hydrogen (secondary N) is 1. The Morgan fingerprint density at radius 1 is 1.67 bits per heavy atom. The zero-order valence-corrected chi connectivity index (χ0v) is 11.3. The molecule has 1 N–H and O–H groups in total. The second-order valence-electron chi connectivity index (χ2n) is 4.04. The van der Waals surface area contributed by atoms with Crippen molar-refractivity contribution in [3.8, 4) is 0 Å². The van der Waals surface area contributed by atoms with E-state index in [0.29, 0.717) is 28.9 Å². The molecule has 0 aromatic carbocycles. The molecule has 1 aromatic rings. The zero-order valence-electron chi connectivity index (χ0n) is 10.5. The highest BCUT2D eigenvalue weighted by Gasteiger charge is 2.32. The Bertz CT molecular complexity index is 486. The van der Waals surface area contributed by atoms with E-state index in [-0.39, 0.29) is 18.0 Å². The number of rotatable bonds is 3. The molecule has 0 radical (unpaired) electrons. The number of anilines is 1. The van der Waals surface area contributed by atoms with Gasteiger partial charge in [-0.15, -0.1) is 0 Å². The van der Waals surface area contributed by atoms with Crippen LogP contribution in [0.4, 0.5) is 9.93 Å². The fourth-order valence-corrected chi connectivity index (χ4v) is 2.82. The Hall–Kier alpha value is -1.63. The maximum Gasteiger partial charge on any atom is 0.350 e. The standard InChI is InChI=1S/C11H15N3O3S/c1-4-17-9(15)8-7(3)13-11(18-8)14-6(2)5-12-10(14)16/h6H,4-5H2,1-3H3,(H,12,16)/t6-/m1/s1. The van der Waals surface area contributed by atoms with Gasteiger partial charge in [0.1, 0.15) is 4.88 Å². The van der Waals surface area contributed by atoms with Gasteiger partial charge in [0.05, 0.1) is 18.3 Å². The smallest absolute Gasteiger partial charge is 0.350 e. The Morgan fingerprint density at radius 2 is 2.39 bits per heavy atom. The highest BCUT2D eigenvalue weighted by atomic mass is 32.1. The number of ether oxygens (including phenoxy) is 1. The largest absolute Gasteiger partial charge is 0.462 e. The molecule has 2 heterocycles.